The van der Waals surface area contributed by atoms with Crippen molar-refractivity contribution >= 4 is 43.7 Å². The molecule has 0 aromatic heterocycles. The first kappa shape index (κ1) is 32.2. The summed E-state index contributed by atoms with van der Waals surface area (Å²) >= 11 is 0.394. The molecule has 0 atom stereocenters. The van der Waals surface area contributed by atoms with E-state index in [2.05, 4.69) is 69.5 Å². The minimum absolute atomic E-state index is 0. The van der Waals surface area contributed by atoms with Gasteiger partial charge in [-0.25, -0.2) is 0 Å². The van der Waals surface area contributed by atoms with Gasteiger partial charge >= 0.3 is 193 Å². The van der Waals surface area contributed by atoms with Crippen LogP contribution < -0.4 is 0 Å². The molecule has 0 heterocycles. The van der Waals surface area contributed by atoms with E-state index in [1.165, 1.54) is 51.4 Å². The van der Waals surface area contributed by atoms with E-state index < -0.39 is 23.2 Å². The Morgan fingerprint density at radius 3 is 1.48 bits per heavy atom. The molecule has 0 saturated heterocycles. The first-order chi connectivity index (χ1) is 12.9. The molecule has 2 aliphatic carbocycles. The molecule has 1 nitrogen and oxygen atoms in total. The fourth-order valence-electron chi connectivity index (χ4n) is 3.35. The number of allylic oxidation sites excluding steroid dienone is 8. The van der Waals surface area contributed by atoms with Gasteiger partial charge in [0.15, 0.2) is 0 Å². The van der Waals surface area contributed by atoms with Crippen LogP contribution in [0.25, 0.3) is 0 Å². The second-order valence-electron chi connectivity index (χ2n) is 8.41. The smallest absolute Gasteiger partial charge is 0.147 e. The van der Waals surface area contributed by atoms with Crippen LogP contribution in [0.2, 0.25) is 0 Å². The average molecular weight is 578 g/mol. The molecule has 0 aromatic rings. The third kappa shape index (κ3) is 12.6. The zero-order chi connectivity index (χ0) is 20.2. The number of hydrogen-bond acceptors (Lipinski definition) is 1. The number of rotatable bonds is 10. The predicted molar refractivity (Wildman–Crippen MR) is 136 cm³/mol. The zero-order valence-electron chi connectivity index (χ0n) is 19.9. The second-order valence-corrected chi connectivity index (χ2v) is 14.2. The van der Waals surface area contributed by atoms with Crippen LogP contribution in [0.1, 0.15) is 92.9 Å². The Balaban J connectivity index is 0. The SMILES string of the molecule is CC(C)[N]([GaH2])C(C)C.CCCCC1=[C]([Zr][C]2=C(CCCC)C=CC2)CC=C1.Cl.Cl. The Hall–Kier alpha value is 1.02. The molecule has 2 aliphatic rings. The third-order valence-corrected chi connectivity index (χ3v) is 14.0. The maximum atomic E-state index is 2.52. The number of nitrogens with zero attached hydrogens (tertiary/aromatic N) is 1. The molecule has 5 heteroatoms. The summed E-state index contributed by atoms with van der Waals surface area (Å²) in [6.07, 6.45) is 20.2. The van der Waals surface area contributed by atoms with Gasteiger partial charge in [0.05, 0.1) is 0 Å². The van der Waals surface area contributed by atoms with E-state index in [1.54, 1.807) is 11.1 Å². The molecular formula is C24H44Cl2GaNZr. The molecule has 0 saturated carbocycles. The summed E-state index contributed by atoms with van der Waals surface area (Å²) in [6, 6.07) is 1.52. The van der Waals surface area contributed by atoms with Crippen molar-refractivity contribution in [2.45, 2.75) is 105 Å². The molecule has 0 bridgehead atoms. The van der Waals surface area contributed by atoms with Gasteiger partial charge in [-0.15, -0.1) is 24.8 Å². The van der Waals surface area contributed by atoms with Gasteiger partial charge in [-0.05, 0) is 0 Å². The van der Waals surface area contributed by atoms with Crippen molar-refractivity contribution in [3.63, 3.8) is 0 Å². The van der Waals surface area contributed by atoms with Crippen LogP contribution >= 0.6 is 24.8 Å². The normalized spacial score (nSPS) is 15.1. The maximum absolute atomic E-state index is 2.52. The van der Waals surface area contributed by atoms with Gasteiger partial charge in [0.2, 0.25) is 0 Å². The zero-order valence-corrected chi connectivity index (χ0v) is 28.2. The Morgan fingerprint density at radius 2 is 1.21 bits per heavy atom. The summed E-state index contributed by atoms with van der Waals surface area (Å²) < 4.78 is 6.25. The fraction of sp³-hybridized carbons (Fsp3) is 0.667. The quantitative estimate of drug-likeness (QED) is 0.245. The van der Waals surface area contributed by atoms with Crippen molar-refractivity contribution in [2.24, 2.45) is 0 Å². The van der Waals surface area contributed by atoms with Crippen LogP contribution in [0.4, 0.5) is 0 Å². The first-order valence-corrected chi connectivity index (χ1v) is 15.5. The van der Waals surface area contributed by atoms with Crippen molar-refractivity contribution in [1.29, 1.82) is 0 Å². The largest absolute Gasteiger partial charge is 0.147 e. The van der Waals surface area contributed by atoms with E-state index in [1.807, 2.05) is 6.56 Å². The van der Waals surface area contributed by atoms with Gasteiger partial charge in [-0.1, -0.05) is 0 Å². The van der Waals surface area contributed by atoms with E-state index in [9.17, 15) is 0 Å². The van der Waals surface area contributed by atoms with Crippen molar-refractivity contribution in [2.75, 3.05) is 0 Å². The van der Waals surface area contributed by atoms with Crippen molar-refractivity contribution in [3.05, 3.63) is 42.0 Å². The number of hydrogen-bond donors (Lipinski definition) is 0. The standard InChI is InChI=1S/2C9H13.C6H14N.2ClH.Ga.Zr.2H/c2*1-2-3-6-9-7-4-5-8-9;1-5(2)7-6(3)4;;;;;;/h2*4,7H,2-3,5-6H2,1H3;5-6H,1-4H3;2*1H;;;;/q;;-1;;;+1;;;. The third-order valence-electron chi connectivity index (χ3n) is 5.59. The summed E-state index contributed by atoms with van der Waals surface area (Å²) in [5, 5.41) is 0. The number of halogens is 2. The average Bonchev–Trinajstić information content (AvgIpc) is 3.27. The Bertz CT molecular complexity index is 517. The van der Waals surface area contributed by atoms with Gasteiger partial charge in [-0.2, -0.15) is 0 Å². The first-order valence-electron chi connectivity index (χ1n) is 11.2. The summed E-state index contributed by atoms with van der Waals surface area (Å²) in [5.41, 5.74) is 3.42. The van der Waals surface area contributed by atoms with Crippen LogP contribution in [0.3, 0.4) is 0 Å². The van der Waals surface area contributed by atoms with Gasteiger partial charge in [0.1, 0.15) is 0 Å². The van der Waals surface area contributed by atoms with E-state index in [0.29, 0.717) is 0 Å². The molecule has 0 unspecified atom stereocenters. The van der Waals surface area contributed by atoms with E-state index in [-0.39, 0.29) is 24.8 Å². The second kappa shape index (κ2) is 18.6. The van der Waals surface area contributed by atoms with Crippen LogP contribution in [0.5, 0.6) is 0 Å². The Morgan fingerprint density at radius 1 is 0.828 bits per heavy atom. The van der Waals surface area contributed by atoms with Crippen LogP contribution in [0.15, 0.2) is 42.0 Å². The molecular weight excluding hydrogens is 534 g/mol. The maximum Gasteiger partial charge on any atom is -0.147 e. The van der Waals surface area contributed by atoms with E-state index >= 15 is 0 Å². The fourth-order valence-corrected chi connectivity index (χ4v) is 7.14. The molecule has 0 aromatic carbocycles. The Labute approximate surface area is 215 Å². The summed E-state index contributed by atoms with van der Waals surface area (Å²) in [6.45, 7) is 13.6. The van der Waals surface area contributed by atoms with Crippen LogP contribution in [0, 0.1) is 0 Å². The molecule has 0 N–H and O–H groups in total. The van der Waals surface area contributed by atoms with Crippen molar-refractivity contribution in [1.82, 2.24) is 3.61 Å². The molecule has 0 radical (unpaired) electrons. The molecule has 29 heavy (non-hydrogen) atoms. The molecule has 0 aliphatic heterocycles. The van der Waals surface area contributed by atoms with Gasteiger partial charge in [0, 0.05) is 0 Å². The van der Waals surface area contributed by atoms with Crippen LogP contribution in [-0.2, 0) is 23.2 Å². The summed E-state index contributed by atoms with van der Waals surface area (Å²) in [4.78, 5) is 0. The minimum Gasteiger partial charge on any atom is -0.147 e. The summed E-state index contributed by atoms with van der Waals surface area (Å²) in [7, 11) is 0. The van der Waals surface area contributed by atoms with Gasteiger partial charge in [0.25, 0.3) is 0 Å². The minimum atomic E-state index is -0.463. The van der Waals surface area contributed by atoms with Gasteiger partial charge < -0.3 is 0 Å². The van der Waals surface area contributed by atoms with Crippen molar-refractivity contribution < 1.29 is 23.2 Å². The molecule has 166 valence electrons. The molecule has 2 rings (SSSR count). The molecule has 0 fully saturated rings. The van der Waals surface area contributed by atoms with E-state index in [4.69, 9.17) is 0 Å². The molecule has 0 amide bonds. The Kier molecular flexibility index (Phi) is 20.6. The summed E-state index contributed by atoms with van der Waals surface area (Å²) in [5.74, 6) is 0. The van der Waals surface area contributed by atoms with Gasteiger partial charge in [-0.3, -0.25) is 0 Å². The van der Waals surface area contributed by atoms with Crippen molar-refractivity contribution in [3.8, 4) is 0 Å². The topological polar surface area (TPSA) is 3.24 Å². The molecule has 0 spiro atoms. The number of unbranched alkanes of at least 4 members (excludes halogenated alkanes) is 2. The van der Waals surface area contributed by atoms with Crippen LogP contribution in [-0.4, -0.2) is 34.5 Å². The van der Waals surface area contributed by atoms with E-state index in [0.717, 1.165) is 30.9 Å². The predicted octanol–water partition coefficient (Wildman–Crippen LogP) is 7.37. The monoisotopic (exact) mass is 575 g/mol.